The summed E-state index contributed by atoms with van der Waals surface area (Å²) in [6, 6.07) is 2.46. The van der Waals surface area contributed by atoms with Gasteiger partial charge < -0.3 is 9.84 Å². The highest BCUT2D eigenvalue weighted by molar-refractivity contribution is 7.99. The van der Waals surface area contributed by atoms with Crippen LogP contribution in [-0.2, 0) is 4.74 Å². The third-order valence-electron chi connectivity index (χ3n) is 3.92. The molecule has 1 aromatic heterocycles. The minimum Gasteiger partial charge on any atom is -0.476 e. The Balaban J connectivity index is 1.90. The molecule has 2 fully saturated rings. The quantitative estimate of drug-likeness (QED) is 0.882. The Morgan fingerprint density at radius 1 is 1.55 bits per heavy atom. The van der Waals surface area contributed by atoms with Crippen molar-refractivity contribution < 1.29 is 14.6 Å². The van der Waals surface area contributed by atoms with Gasteiger partial charge in [0.25, 0.3) is 5.56 Å². The number of carboxylic acids is 1. The van der Waals surface area contributed by atoms with E-state index in [1.807, 2.05) is 11.8 Å². The van der Waals surface area contributed by atoms with Crippen LogP contribution in [0.3, 0.4) is 0 Å². The van der Waals surface area contributed by atoms with Crippen LogP contribution in [0.25, 0.3) is 0 Å². The fraction of sp³-hybridized carbons (Fsp3) is 0.615. The van der Waals surface area contributed by atoms with Gasteiger partial charge in [-0.25, -0.2) is 9.48 Å². The van der Waals surface area contributed by atoms with Gasteiger partial charge in [-0.15, -0.1) is 0 Å². The van der Waals surface area contributed by atoms with Crippen LogP contribution in [0, 0.1) is 0 Å². The second kappa shape index (κ2) is 5.21. The summed E-state index contributed by atoms with van der Waals surface area (Å²) in [7, 11) is 0. The van der Waals surface area contributed by atoms with Gasteiger partial charge in [-0.3, -0.25) is 4.79 Å². The minimum atomic E-state index is -1.11. The lowest BCUT2D eigenvalue weighted by Gasteiger charge is -2.37. The molecule has 20 heavy (non-hydrogen) atoms. The molecular weight excluding hydrogens is 280 g/mol. The average molecular weight is 296 g/mol. The molecular formula is C13H16N2O4S. The van der Waals surface area contributed by atoms with Gasteiger partial charge in [-0.2, -0.15) is 16.9 Å². The number of ether oxygens (including phenoxy) is 1. The van der Waals surface area contributed by atoms with Gasteiger partial charge in [-0.1, -0.05) is 0 Å². The molecule has 3 rings (SSSR count). The Kier molecular flexibility index (Phi) is 3.55. The molecule has 0 aliphatic carbocycles. The van der Waals surface area contributed by atoms with Gasteiger partial charge in [0.05, 0.1) is 11.6 Å². The van der Waals surface area contributed by atoms with Gasteiger partial charge in [-0.05, 0) is 31.1 Å². The number of aromatic carboxylic acids is 1. The van der Waals surface area contributed by atoms with Gasteiger partial charge in [0, 0.05) is 18.4 Å². The van der Waals surface area contributed by atoms with E-state index in [4.69, 9.17) is 9.84 Å². The van der Waals surface area contributed by atoms with E-state index in [1.165, 1.54) is 16.8 Å². The summed E-state index contributed by atoms with van der Waals surface area (Å²) in [5.74, 6) is 0.901. The molecule has 3 heterocycles. The number of nitrogens with zero attached hydrogens (tertiary/aromatic N) is 2. The molecule has 108 valence electrons. The van der Waals surface area contributed by atoms with Crippen LogP contribution in [0.15, 0.2) is 16.9 Å². The number of hydrogen-bond donors (Lipinski definition) is 1. The van der Waals surface area contributed by atoms with Crippen LogP contribution in [-0.4, -0.2) is 44.6 Å². The van der Waals surface area contributed by atoms with E-state index >= 15 is 0 Å². The molecule has 1 spiro atoms. The summed E-state index contributed by atoms with van der Waals surface area (Å²) in [5.41, 5.74) is -0.498. The molecule has 2 unspecified atom stereocenters. The van der Waals surface area contributed by atoms with Crippen molar-refractivity contribution in [1.29, 1.82) is 0 Å². The van der Waals surface area contributed by atoms with Crippen molar-refractivity contribution in [3.05, 3.63) is 28.2 Å². The lowest BCUT2D eigenvalue weighted by Crippen LogP contribution is -2.43. The number of hydrogen-bond acceptors (Lipinski definition) is 5. The van der Waals surface area contributed by atoms with E-state index in [0.29, 0.717) is 13.0 Å². The van der Waals surface area contributed by atoms with Gasteiger partial charge in [0.1, 0.15) is 0 Å². The highest BCUT2D eigenvalue weighted by Gasteiger charge is 2.41. The summed E-state index contributed by atoms with van der Waals surface area (Å²) in [6.07, 6.45) is 2.42. The predicted octanol–water partition coefficient (Wildman–Crippen LogP) is 1.17. The normalized spacial score (nSPS) is 29.7. The first-order valence-electron chi connectivity index (χ1n) is 6.65. The van der Waals surface area contributed by atoms with Crippen molar-refractivity contribution in [2.24, 2.45) is 0 Å². The van der Waals surface area contributed by atoms with E-state index in [9.17, 15) is 9.59 Å². The first-order valence-corrected chi connectivity index (χ1v) is 7.80. The summed E-state index contributed by atoms with van der Waals surface area (Å²) in [4.78, 5) is 22.9. The molecule has 2 saturated heterocycles. The van der Waals surface area contributed by atoms with Crippen molar-refractivity contribution >= 4 is 17.7 Å². The second-order valence-electron chi connectivity index (χ2n) is 5.29. The molecule has 7 heteroatoms. The van der Waals surface area contributed by atoms with Gasteiger partial charge >= 0.3 is 5.97 Å². The van der Waals surface area contributed by atoms with Crippen LogP contribution in [0.1, 0.15) is 35.8 Å². The Bertz CT molecular complexity index is 580. The summed E-state index contributed by atoms with van der Waals surface area (Å²) in [6.45, 7) is 0.594. The van der Waals surface area contributed by atoms with Gasteiger partial charge in [0.2, 0.25) is 0 Å². The van der Waals surface area contributed by atoms with E-state index in [0.717, 1.165) is 24.3 Å². The number of thioether (sulfide) groups is 1. The standard InChI is InChI=1S/C13H16N2O4S/c16-11-2-1-10(12(17)18)14-15(11)9-3-5-19-13(7-9)4-6-20-8-13/h1-2,9H,3-8H2,(H,17,18). The second-order valence-corrected chi connectivity index (χ2v) is 6.39. The van der Waals surface area contributed by atoms with Crippen LogP contribution in [0.4, 0.5) is 0 Å². The SMILES string of the molecule is O=C(O)c1ccc(=O)n(C2CCOC3(CCSC3)C2)n1. The van der Waals surface area contributed by atoms with Crippen LogP contribution in [0.2, 0.25) is 0 Å². The van der Waals surface area contributed by atoms with Crippen molar-refractivity contribution in [2.45, 2.75) is 30.9 Å². The maximum atomic E-state index is 12.0. The highest BCUT2D eigenvalue weighted by atomic mass is 32.2. The number of carboxylic acid groups (broad SMARTS) is 1. The number of aromatic nitrogens is 2. The Hall–Kier alpha value is -1.34. The molecule has 0 aromatic carbocycles. The van der Waals surface area contributed by atoms with Crippen molar-refractivity contribution in [1.82, 2.24) is 9.78 Å². The molecule has 0 bridgehead atoms. The molecule has 0 saturated carbocycles. The van der Waals surface area contributed by atoms with Crippen molar-refractivity contribution in [3.8, 4) is 0 Å². The number of rotatable bonds is 2. The van der Waals surface area contributed by atoms with E-state index < -0.39 is 5.97 Å². The lowest BCUT2D eigenvalue weighted by molar-refractivity contribution is -0.0785. The Labute approximate surface area is 120 Å². The minimum absolute atomic E-state index is 0.0748. The largest absolute Gasteiger partial charge is 0.476 e. The fourth-order valence-electron chi connectivity index (χ4n) is 2.87. The zero-order valence-corrected chi connectivity index (χ0v) is 11.8. The molecule has 2 aliphatic rings. The van der Waals surface area contributed by atoms with Crippen molar-refractivity contribution in [2.75, 3.05) is 18.1 Å². The predicted molar refractivity (Wildman–Crippen MR) is 74.4 cm³/mol. The zero-order chi connectivity index (χ0) is 14.2. The summed E-state index contributed by atoms with van der Waals surface area (Å²) >= 11 is 1.86. The molecule has 6 nitrogen and oxygen atoms in total. The Morgan fingerprint density at radius 2 is 2.40 bits per heavy atom. The molecule has 0 amide bonds. The van der Waals surface area contributed by atoms with Crippen LogP contribution in [0.5, 0.6) is 0 Å². The van der Waals surface area contributed by atoms with E-state index in [2.05, 4.69) is 5.10 Å². The van der Waals surface area contributed by atoms with E-state index in [-0.39, 0.29) is 22.9 Å². The molecule has 2 atom stereocenters. The molecule has 0 radical (unpaired) electrons. The molecule has 1 N–H and O–H groups in total. The smallest absolute Gasteiger partial charge is 0.356 e. The lowest BCUT2D eigenvalue weighted by atomic mass is 9.90. The third kappa shape index (κ3) is 2.47. The number of carbonyl (C=O) groups is 1. The van der Waals surface area contributed by atoms with Crippen LogP contribution < -0.4 is 5.56 Å². The third-order valence-corrected chi connectivity index (χ3v) is 5.15. The molecule has 1 aromatic rings. The maximum absolute atomic E-state index is 12.0. The van der Waals surface area contributed by atoms with Crippen molar-refractivity contribution in [3.63, 3.8) is 0 Å². The first-order chi connectivity index (χ1) is 9.60. The van der Waals surface area contributed by atoms with Crippen LogP contribution >= 0.6 is 11.8 Å². The summed E-state index contributed by atoms with van der Waals surface area (Å²) < 4.78 is 7.25. The topological polar surface area (TPSA) is 81.4 Å². The highest BCUT2D eigenvalue weighted by Crippen LogP contribution is 2.41. The summed E-state index contributed by atoms with van der Waals surface area (Å²) in [5, 5.41) is 13.0. The first kappa shape index (κ1) is 13.6. The Morgan fingerprint density at radius 3 is 3.10 bits per heavy atom. The maximum Gasteiger partial charge on any atom is 0.356 e. The fourth-order valence-corrected chi connectivity index (χ4v) is 4.25. The van der Waals surface area contributed by atoms with E-state index in [1.54, 1.807) is 0 Å². The average Bonchev–Trinajstić information content (AvgIpc) is 2.87. The molecule has 2 aliphatic heterocycles. The zero-order valence-electron chi connectivity index (χ0n) is 10.9. The monoisotopic (exact) mass is 296 g/mol. The van der Waals surface area contributed by atoms with Gasteiger partial charge in [0.15, 0.2) is 5.69 Å².